The van der Waals surface area contributed by atoms with Gasteiger partial charge >= 0.3 is 0 Å². The van der Waals surface area contributed by atoms with Crippen LogP contribution in [0.5, 0.6) is 0 Å². The zero-order valence-electron chi connectivity index (χ0n) is 12.1. The molecule has 0 aromatic heterocycles. The molecule has 1 aromatic rings. The number of ether oxygens (including phenoxy) is 1. The molecule has 0 aliphatic rings. The molecular formula is C13H17NO3S. The quantitative estimate of drug-likeness (QED) is 0.635. The summed E-state index contributed by atoms with van der Waals surface area (Å²) in [6.07, 6.45) is 0.789. The van der Waals surface area contributed by atoms with Crippen LogP contribution in [0.25, 0.3) is 0 Å². The molecule has 0 aliphatic carbocycles. The average molecular weight is 270 g/mol. The maximum Gasteiger partial charge on any atom is 0.251 e. The van der Waals surface area contributed by atoms with Crippen LogP contribution in [0.4, 0.5) is 0 Å². The molecule has 98 valence electrons. The first-order valence-corrected chi connectivity index (χ1v) is 6.33. The molecule has 0 radical (unpaired) electrons. The van der Waals surface area contributed by atoms with Crippen LogP contribution in [0.15, 0.2) is 29.2 Å². The van der Waals surface area contributed by atoms with Gasteiger partial charge in [0, 0.05) is 37.6 Å². The summed E-state index contributed by atoms with van der Waals surface area (Å²) in [4.78, 5) is 23.9. The Kier molecular flexibility index (Phi) is 5.15. The zero-order chi connectivity index (χ0) is 15.0. The molecule has 0 saturated carbocycles. The van der Waals surface area contributed by atoms with Crippen molar-refractivity contribution in [1.29, 1.82) is 0 Å². The summed E-state index contributed by atoms with van der Waals surface area (Å²) in [6, 6.07) is 6.86. The fourth-order valence-electron chi connectivity index (χ4n) is 1.33. The Morgan fingerprint density at radius 3 is 3.17 bits per heavy atom. The largest absolute Gasteiger partial charge is 0.385 e. The molecule has 0 bridgehead atoms. The Hall–Kier alpha value is -1.33. The maximum absolute atomic E-state index is 11.7. The Balaban J connectivity index is 2.43. The molecule has 1 N–H and O–H groups in total. The van der Waals surface area contributed by atoms with E-state index in [4.69, 9.17) is 7.48 Å². The molecule has 0 aliphatic heterocycles. The van der Waals surface area contributed by atoms with Crippen molar-refractivity contribution in [3.8, 4) is 0 Å². The number of methoxy groups -OCH3 is 1. The first-order valence-electron chi connectivity index (χ1n) is 6.67. The third-order valence-corrected chi connectivity index (χ3v) is 3.12. The first-order chi connectivity index (χ1) is 9.52. The summed E-state index contributed by atoms with van der Waals surface area (Å²) >= 11 is 1.08. The van der Waals surface area contributed by atoms with Gasteiger partial charge in [-0.3, -0.25) is 9.59 Å². The molecule has 1 rings (SSSR count). The van der Waals surface area contributed by atoms with E-state index in [1.54, 1.807) is 31.3 Å². The van der Waals surface area contributed by atoms with Crippen LogP contribution in [-0.2, 0) is 9.53 Å². The Morgan fingerprint density at radius 2 is 2.44 bits per heavy atom. The number of carbonyl (C=O) groups excluding carboxylic acids is 2. The van der Waals surface area contributed by atoms with Gasteiger partial charge in [0.2, 0.25) is 0 Å². The lowest BCUT2D eigenvalue weighted by molar-refractivity contribution is -0.111. The highest BCUT2D eigenvalue weighted by molar-refractivity contribution is 8.13. The van der Waals surface area contributed by atoms with Crippen LogP contribution < -0.4 is 5.32 Å². The van der Waals surface area contributed by atoms with Crippen molar-refractivity contribution in [2.45, 2.75) is 17.7 Å². The predicted octanol–water partition coefficient (Wildman–Crippen LogP) is 2.09. The van der Waals surface area contributed by atoms with E-state index in [0.717, 1.165) is 16.7 Å². The minimum Gasteiger partial charge on any atom is -0.385 e. The predicted molar refractivity (Wildman–Crippen MR) is 71.8 cm³/mol. The molecule has 0 heterocycles. The van der Waals surface area contributed by atoms with E-state index in [1.807, 2.05) is 0 Å². The van der Waals surface area contributed by atoms with E-state index in [1.165, 1.54) is 0 Å². The van der Waals surface area contributed by atoms with Crippen molar-refractivity contribution < 1.29 is 17.1 Å². The molecule has 0 spiro atoms. The molecule has 18 heavy (non-hydrogen) atoms. The van der Waals surface area contributed by atoms with Gasteiger partial charge in [0.05, 0.1) is 2.74 Å². The van der Waals surface area contributed by atoms with Crippen LogP contribution in [-0.4, -0.2) is 31.7 Å². The average Bonchev–Trinajstić information content (AvgIpc) is 2.43. The lowest BCUT2D eigenvalue weighted by Crippen LogP contribution is -2.17. The topological polar surface area (TPSA) is 55.4 Å². The third-order valence-electron chi connectivity index (χ3n) is 2.20. The number of hydrogen-bond acceptors (Lipinski definition) is 4. The summed E-state index contributed by atoms with van der Waals surface area (Å²) in [5.41, 5.74) is 0.514. The molecule has 0 fully saturated rings. The van der Waals surface area contributed by atoms with Crippen molar-refractivity contribution in [2.75, 3.05) is 20.7 Å². The number of amides is 1. The number of hydrogen-bond donors (Lipinski definition) is 1. The first kappa shape index (κ1) is 11.7. The lowest BCUT2D eigenvalue weighted by atomic mass is 10.2. The number of rotatable bonds is 6. The summed E-state index contributed by atoms with van der Waals surface area (Å²) in [7, 11) is 0.251. The number of thioether (sulfide) groups is 1. The van der Waals surface area contributed by atoms with Crippen molar-refractivity contribution in [2.24, 2.45) is 0 Å². The normalized spacial score (nSPS) is 13.4. The number of nitrogens with one attached hydrogen (secondary N) is 1. The minimum absolute atomic E-state index is 0.0332. The number of benzene rings is 1. The zero-order valence-corrected chi connectivity index (χ0v) is 11.0. The molecule has 1 atom stereocenters. The van der Waals surface area contributed by atoms with Crippen LogP contribution in [0.1, 0.15) is 25.9 Å². The number of carbonyl (C=O) groups is 2. The van der Waals surface area contributed by atoms with Crippen LogP contribution in [0, 0.1) is 0 Å². The molecule has 0 saturated heterocycles. The highest BCUT2D eigenvalue weighted by atomic mass is 32.2. The van der Waals surface area contributed by atoms with Gasteiger partial charge in [-0.05, 0) is 24.6 Å². The van der Waals surface area contributed by atoms with Gasteiger partial charge in [-0.25, -0.2) is 0 Å². The van der Waals surface area contributed by atoms with Gasteiger partial charge in [0.15, 0.2) is 5.12 Å². The fraction of sp³-hybridized carbons (Fsp3) is 0.385. The monoisotopic (exact) mass is 270 g/mol. The molecule has 4 nitrogen and oxygen atoms in total. The highest BCUT2D eigenvalue weighted by Crippen LogP contribution is 2.21. The Bertz CT molecular complexity index is 469. The smallest absolute Gasteiger partial charge is 0.251 e. The van der Waals surface area contributed by atoms with Crippen molar-refractivity contribution in [3.05, 3.63) is 29.8 Å². The minimum atomic E-state index is -1.30. The summed E-state index contributed by atoms with van der Waals surface area (Å²) in [6.45, 7) is 0.224. The van der Waals surface area contributed by atoms with Crippen LogP contribution in [0.3, 0.4) is 0 Å². The molecule has 1 aromatic carbocycles. The second-order valence-electron chi connectivity index (χ2n) is 3.56. The fourth-order valence-corrected chi connectivity index (χ4v) is 2.17. The molecular weight excluding hydrogens is 250 g/mol. The standard InChI is InChI=1S/C13H17NO3S/c1-14-13(16)10-5-3-6-11(9-10)18-12(15)7-4-8-17-2/h3,5-6,9H,4,7-8H2,1-2H3,(H,14,16)/i2TD. The van der Waals surface area contributed by atoms with E-state index in [2.05, 4.69) is 5.32 Å². The van der Waals surface area contributed by atoms with Crippen molar-refractivity contribution >= 4 is 22.8 Å². The molecule has 1 unspecified atom stereocenters. The molecule has 1 amide bonds. The van der Waals surface area contributed by atoms with E-state index in [9.17, 15) is 9.59 Å². The Labute approximate surface area is 114 Å². The second kappa shape index (κ2) is 7.89. The van der Waals surface area contributed by atoms with Crippen LogP contribution in [0.2, 0.25) is 0 Å². The lowest BCUT2D eigenvalue weighted by Gasteiger charge is -2.03. The van der Waals surface area contributed by atoms with E-state index in [-0.39, 0.29) is 17.6 Å². The highest BCUT2D eigenvalue weighted by Gasteiger charge is 2.08. The van der Waals surface area contributed by atoms with Gasteiger partial charge < -0.3 is 10.1 Å². The van der Waals surface area contributed by atoms with Gasteiger partial charge in [0.25, 0.3) is 5.91 Å². The second-order valence-corrected chi connectivity index (χ2v) is 4.69. The van der Waals surface area contributed by atoms with Crippen molar-refractivity contribution in [1.82, 2.24) is 5.32 Å². The summed E-state index contributed by atoms with van der Waals surface area (Å²) in [5.74, 6) is -0.190. The van der Waals surface area contributed by atoms with Gasteiger partial charge in [0.1, 0.15) is 0 Å². The SMILES string of the molecule is [2H]C([3H])OCCCC(=O)Sc1cccc(C(=O)NC)c1. The van der Waals surface area contributed by atoms with Gasteiger partial charge in [-0.1, -0.05) is 17.8 Å². The van der Waals surface area contributed by atoms with E-state index >= 15 is 0 Å². The molecule has 5 heteroatoms. The van der Waals surface area contributed by atoms with E-state index < -0.39 is 7.06 Å². The Morgan fingerprint density at radius 1 is 1.61 bits per heavy atom. The van der Waals surface area contributed by atoms with E-state index in [0.29, 0.717) is 18.4 Å². The van der Waals surface area contributed by atoms with Crippen LogP contribution >= 0.6 is 11.8 Å². The maximum atomic E-state index is 11.7. The summed E-state index contributed by atoms with van der Waals surface area (Å²) in [5, 5.41) is 2.50. The third kappa shape index (κ3) is 4.89. The summed E-state index contributed by atoms with van der Waals surface area (Å²) < 4.78 is 18.4. The van der Waals surface area contributed by atoms with Gasteiger partial charge in [-0.2, -0.15) is 0 Å². The van der Waals surface area contributed by atoms with Crippen molar-refractivity contribution in [3.63, 3.8) is 0 Å². The van der Waals surface area contributed by atoms with Gasteiger partial charge in [-0.15, -0.1) is 0 Å².